The molecule has 192 valence electrons. The van der Waals surface area contributed by atoms with Gasteiger partial charge in [-0.15, -0.1) is 0 Å². The molecule has 0 amide bonds. The molecule has 0 atom stereocenters. The molecule has 1 aliphatic rings. The SMILES string of the molecule is CCC1COC(c2ccc(-c3cc(F)c(C(F)(F)Oc4cc(F)c(F)c(F)c4)c(F)c3)c(F)c2)OC1. The third-order valence-electron chi connectivity index (χ3n) is 5.66. The highest BCUT2D eigenvalue weighted by Gasteiger charge is 2.41. The van der Waals surface area contributed by atoms with E-state index in [4.69, 9.17) is 9.47 Å². The summed E-state index contributed by atoms with van der Waals surface area (Å²) in [6, 6.07) is 4.75. The van der Waals surface area contributed by atoms with Crippen molar-refractivity contribution in [3.8, 4) is 16.9 Å². The van der Waals surface area contributed by atoms with Crippen LogP contribution < -0.4 is 4.74 Å². The van der Waals surface area contributed by atoms with E-state index in [1.54, 1.807) is 0 Å². The maximum atomic E-state index is 14.8. The molecule has 36 heavy (non-hydrogen) atoms. The second-order valence-electron chi connectivity index (χ2n) is 8.15. The summed E-state index contributed by atoms with van der Waals surface area (Å²) in [4.78, 5) is 0. The minimum Gasteiger partial charge on any atom is -0.429 e. The first-order chi connectivity index (χ1) is 17.0. The van der Waals surface area contributed by atoms with Crippen molar-refractivity contribution in [2.24, 2.45) is 5.92 Å². The molecule has 0 unspecified atom stereocenters. The molecular formula is C25H18F8O3. The minimum atomic E-state index is -4.75. The van der Waals surface area contributed by atoms with E-state index in [9.17, 15) is 35.1 Å². The Morgan fingerprint density at radius 1 is 0.806 bits per heavy atom. The molecule has 0 aliphatic carbocycles. The van der Waals surface area contributed by atoms with Crippen LogP contribution in [0.5, 0.6) is 5.75 Å². The van der Waals surface area contributed by atoms with Gasteiger partial charge >= 0.3 is 6.11 Å². The first-order valence-electron chi connectivity index (χ1n) is 10.7. The Bertz CT molecular complexity index is 1230. The molecule has 1 heterocycles. The number of halogens is 8. The maximum Gasteiger partial charge on any atom is 0.432 e. The van der Waals surface area contributed by atoms with Crippen molar-refractivity contribution < 1.29 is 49.3 Å². The zero-order valence-electron chi connectivity index (χ0n) is 18.6. The van der Waals surface area contributed by atoms with Crippen molar-refractivity contribution in [2.75, 3.05) is 13.2 Å². The monoisotopic (exact) mass is 518 g/mol. The molecule has 1 saturated heterocycles. The fourth-order valence-corrected chi connectivity index (χ4v) is 3.68. The van der Waals surface area contributed by atoms with Crippen LogP contribution in [0.15, 0.2) is 42.5 Å². The van der Waals surface area contributed by atoms with Crippen LogP contribution in [0.4, 0.5) is 35.1 Å². The highest BCUT2D eigenvalue weighted by Crippen LogP contribution is 2.38. The van der Waals surface area contributed by atoms with Gasteiger partial charge in [0, 0.05) is 29.2 Å². The van der Waals surface area contributed by atoms with Crippen LogP contribution in [0.2, 0.25) is 0 Å². The van der Waals surface area contributed by atoms with Gasteiger partial charge in [0.2, 0.25) is 0 Å². The second kappa shape index (κ2) is 10.1. The van der Waals surface area contributed by atoms with Crippen molar-refractivity contribution in [1.82, 2.24) is 0 Å². The van der Waals surface area contributed by atoms with Crippen LogP contribution in [0.25, 0.3) is 11.1 Å². The summed E-state index contributed by atoms with van der Waals surface area (Å²) in [6.07, 6.45) is -4.74. The van der Waals surface area contributed by atoms with E-state index in [0.717, 1.165) is 12.5 Å². The largest absolute Gasteiger partial charge is 0.432 e. The van der Waals surface area contributed by atoms with E-state index < -0.39 is 64.2 Å². The highest BCUT2D eigenvalue weighted by molar-refractivity contribution is 5.65. The summed E-state index contributed by atoms with van der Waals surface area (Å²) >= 11 is 0. The number of ether oxygens (including phenoxy) is 3. The zero-order chi connectivity index (χ0) is 26.2. The lowest BCUT2D eigenvalue weighted by molar-refractivity contribution is -0.205. The van der Waals surface area contributed by atoms with E-state index in [1.165, 1.54) is 12.1 Å². The van der Waals surface area contributed by atoms with Gasteiger partial charge in [-0.3, -0.25) is 0 Å². The van der Waals surface area contributed by atoms with E-state index >= 15 is 0 Å². The van der Waals surface area contributed by atoms with Gasteiger partial charge < -0.3 is 14.2 Å². The van der Waals surface area contributed by atoms with Crippen LogP contribution in [0, 0.1) is 40.8 Å². The molecule has 0 spiro atoms. The molecule has 3 nitrogen and oxygen atoms in total. The fourth-order valence-electron chi connectivity index (χ4n) is 3.68. The van der Waals surface area contributed by atoms with Gasteiger partial charge in [0.1, 0.15) is 28.8 Å². The molecule has 0 N–H and O–H groups in total. The van der Waals surface area contributed by atoms with Gasteiger partial charge in [0.05, 0.1) is 13.2 Å². The van der Waals surface area contributed by atoms with Crippen molar-refractivity contribution in [1.29, 1.82) is 0 Å². The number of hydrogen-bond acceptors (Lipinski definition) is 3. The summed E-state index contributed by atoms with van der Waals surface area (Å²) < 4.78 is 128. The Morgan fingerprint density at radius 3 is 1.92 bits per heavy atom. The third-order valence-corrected chi connectivity index (χ3v) is 5.66. The van der Waals surface area contributed by atoms with Gasteiger partial charge in [-0.2, -0.15) is 8.78 Å². The van der Waals surface area contributed by atoms with Crippen LogP contribution >= 0.6 is 0 Å². The summed E-state index contributed by atoms with van der Waals surface area (Å²) in [6.45, 7) is 2.80. The van der Waals surface area contributed by atoms with Crippen LogP contribution in [0.3, 0.4) is 0 Å². The predicted molar refractivity (Wildman–Crippen MR) is 111 cm³/mol. The molecule has 1 aliphatic heterocycles. The molecule has 11 heteroatoms. The van der Waals surface area contributed by atoms with E-state index in [0.29, 0.717) is 30.9 Å². The fraction of sp³-hybridized carbons (Fsp3) is 0.280. The van der Waals surface area contributed by atoms with Crippen molar-refractivity contribution in [3.63, 3.8) is 0 Å². The Kier molecular flexibility index (Phi) is 7.24. The van der Waals surface area contributed by atoms with E-state index in [2.05, 4.69) is 4.74 Å². The van der Waals surface area contributed by atoms with Gasteiger partial charge in [-0.1, -0.05) is 19.1 Å². The standard InChI is InChI=1S/C25H18F8O3/c1-2-12-10-34-24(35-11-12)13-3-4-16(17(26)5-13)14-6-18(27)22(19(28)7-14)25(32,33)36-15-8-20(29)23(31)21(30)9-15/h3-9,12,24H,2,10-11H2,1H3. The maximum absolute atomic E-state index is 14.8. The normalized spacial score (nSPS) is 18.4. The molecule has 3 aromatic carbocycles. The Morgan fingerprint density at radius 2 is 1.39 bits per heavy atom. The highest BCUT2D eigenvalue weighted by atomic mass is 19.3. The number of rotatable bonds is 6. The lowest BCUT2D eigenvalue weighted by Gasteiger charge is -2.29. The summed E-state index contributed by atoms with van der Waals surface area (Å²) in [5, 5.41) is 0. The van der Waals surface area contributed by atoms with Gasteiger partial charge in [0.15, 0.2) is 23.7 Å². The molecule has 0 bridgehead atoms. The smallest absolute Gasteiger partial charge is 0.429 e. The van der Waals surface area contributed by atoms with Crippen LogP contribution in [0.1, 0.15) is 30.8 Å². The topological polar surface area (TPSA) is 27.7 Å². The first kappa shape index (κ1) is 25.9. The molecule has 0 radical (unpaired) electrons. The summed E-state index contributed by atoms with van der Waals surface area (Å²) in [5.41, 5.74) is -2.26. The zero-order valence-corrected chi connectivity index (χ0v) is 18.6. The lowest BCUT2D eigenvalue weighted by atomic mass is 10.00. The molecule has 3 aromatic rings. The van der Waals surface area contributed by atoms with E-state index in [1.807, 2.05) is 6.92 Å². The van der Waals surface area contributed by atoms with Crippen molar-refractivity contribution in [2.45, 2.75) is 25.7 Å². The Balaban J connectivity index is 1.60. The minimum absolute atomic E-state index is 0.0928. The molecule has 0 saturated carbocycles. The van der Waals surface area contributed by atoms with Gasteiger partial charge in [-0.25, -0.2) is 26.3 Å². The summed E-state index contributed by atoms with van der Waals surface area (Å²) in [7, 11) is 0. The Hall–Kier alpha value is -3.18. The average Bonchev–Trinajstić information content (AvgIpc) is 2.81. The van der Waals surface area contributed by atoms with Crippen molar-refractivity contribution in [3.05, 3.63) is 88.5 Å². The molecular weight excluding hydrogens is 500 g/mol. The van der Waals surface area contributed by atoms with Crippen molar-refractivity contribution >= 4 is 0 Å². The number of benzene rings is 3. The molecule has 4 rings (SSSR count). The summed E-state index contributed by atoms with van der Waals surface area (Å²) in [5.74, 6) is -11.2. The Labute approximate surface area is 200 Å². The average molecular weight is 518 g/mol. The second-order valence-corrected chi connectivity index (χ2v) is 8.15. The number of hydrogen-bond donors (Lipinski definition) is 0. The quantitative estimate of drug-likeness (QED) is 0.252. The predicted octanol–water partition coefficient (Wildman–Crippen LogP) is 7.39. The van der Waals surface area contributed by atoms with Crippen LogP contribution in [-0.4, -0.2) is 13.2 Å². The third kappa shape index (κ3) is 5.17. The molecule has 1 fully saturated rings. The van der Waals surface area contributed by atoms with E-state index in [-0.39, 0.29) is 23.6 Å². The van der Waals surface area contributed by atoms with Gasteiger partial charge in [-0.05, 0) is 30.2 Å². The lowest BCUT2D eigenvalue weighted by Crippen LogP contribution is -2.26. The molecule has 0 aromatic heterocycles. The number of alkyl halides is 2. The van der Waals surface area contributed by atoms with Crippen LogP contribution in [-0.2, 0) is 15.6 Å². The first-order valence-corrected chi connectivity index (χ1v) is 10.7. The van der Waals surface area contributed by atoms with Gasteiger partial charge in [0.25, 0.3) is 0 Å².